The Hall–Kier alpha value is -0.220. The molecule has 0 rings (SSSR count). The van der Waals surface area contributed by atoms with Crippen LogP contribution in [-0.2, 0) is 9.53 Å². The van der Waals surface area contributed by atoms with Crippen molar-refractivity contribution in [1.82, 2.24) is 5.32 Å². The number of carbonyl (C=O) groups excluding carboxylic acids is 1. The second-order valence-corrected chi connectivity index (χ2v) is 3.80. The summed E-state index contributed by atoms with van der Waals surface area (Å²) in [5.74, 6) is 0.756. The number of likely N-dealkylation sites (N-methyl/N-ethyl adjacent to an activating group) is 1. The molecule has 0 heterocycles. The highest BCUT2D eigenvalue weighted by atomic mass is 32.2. The maximum absolute atomic E-state index is 11.3. The predicted octanol–water partition coefficient (Wildman–Crippen LogP) is 0.891. The van der Waals surface area contributed by atoms with E-state index in [4.69, 9.17) is 4.74 Å². The smallest absolute Gasteiger partial charge is 0.325 e. The minimum absolute atomic E-state index is 0.195. The van der Waals surface area contributed by atoms with E-state index in [1.165, 1.54) is 7.11 Å². The lowest BCUT2D eigenvalue weighted by molar-refractivity contribution is -0.147. The van der Waals surface area contributed by atoms with Crippen LogP contribution in [0.2, 0.25) is 0 Å². The van der Waals surface area contributed by atoms with E-state index in [9.17, 15) is 4.79 Å². The van der Waals surface area contributed by atoms with Crippen LogP contribution in [-0.4, -0.2) is 37.7 Å². The summed E-state index contributed by atoms with van der Waals surface area (Å²) in [6.45, 7) is 1.86. The third kappa shape index (κ3) is 3.03. The molecule has 4 heteroatoms. The Morgan fingerprint density at radius 1 is 1.67 bits per heavy atom. The van der Waals surface area contributed by atoms with E-state index in [0.29, 0.717) is 0 Å². The molecule has 1 atom stereocenters. The first kappa shape index (κ1) is 11.8. The molecule has 0 aliphatic carbocycles. The normalized spacial score (nSPS) is 15.3. The molecule has 0 saturated carbocycles. The molecule has 0 aromatic heterocycles. The lowest BCUT2D eigenvalue weighted by Gasteiger charge is -2.25. The lowest BCUT2D eigenvalue weighted by Crippen LogP contribution is -2.48. The van der Waals surface area contributed by atoms with Crippen LogP contribution in [0.25, 0.3) is 0 Å². The molecule has 1 N–H and O–H groups in total. The van der Waals surface area contributed by atoms with Gasteiger partial charge in [-0.2, -0.15) is 11.8 Å². The highest BCUT2D eigenvalue weighted by Crippen LogP contribution is 2.13. The third-order valence-corrected chi connectivity index (χ3v) is 2.61. The number of carbonyl (C=O) groups is 1. The van der Waals surface area contributed by atoms with E-state index >= 15 is 0 Å². The number of hydrogen-bond donors (Lipinski definition) is 1. The highest BCUT2D eigenvalue weighted by molar-refractivity contribution is 7.98. The van der Waals surface area contributed by atoms with Gasteiger partial charge in [0.05, 0.1) is 7.11 Å². The molecule has 0 bridgehead atoms. The summed E-state index contributed by atoms with van der Waals surface area (Å²) in [6, 6.07) is 0. The van der Waals surface area contributed by atoms with Crippen LogP contribution >= 0.6 is 11.8 Å². The van der Waals surface area contributed by atoms with Crippen molar-refractivity contribution in [2.24, 2.45) is 0 Å². The zero-order chi connectivity index (χ0) is 9.61. The zero-order valence-electron chi connectivity index (χ0n) is 8.14. The molecule has 0 aliphatic rings. The monoisotopic (exact) mass is 191 g/mol. The Labute approximate surface area is 78.2 Å². The van der Waals surface area contributed by atoms with E-state index in [2.05, 4.69) is 5.32 Å². The first-order chi connectivity index (χ1) is 5.60. The fourth-order valence-corrected chi connectivity index (χ4v) is 1.47. The number of rotatable bonds is 5. The number of esters is 1. The molecule has 0 fully saturated rings. The van der Waals surface area contributed by atoms with E-state index in [-0.39, 0.29) is 5.97 Å². The van der Waals surface area contributed by atoms with Crippen molar-refractivity contribution in [2.45, 2.75) is 18.9 Å². The van der Waals surface area contributed by atoms with Crippen LogP contribution in [0.3, 0.4) is 0 Å². The van der Waals surface area contributed by atoms with E-state index < -0.39 is 5.54 Å². The minimum Gasteiger partial charge on any atom is -0.468 e. The molecule has 0 radical (unpaired) electrons. The van der Waals surface area contributed by atoms with Crippen LogP contribution in [0.4, 0.5) is 0 Å². The third-order valence-electron chi connectivity index (χ3n) is 1.99. The van der Waals surface area contributed by atoms with Crippen LogP contribution in [0.1, 0.15) is 13.3 Å². The summed E-state index contributed by atoms with van der Waals surface area (Å²) in [6.07, 6.45) is 2.81. The largest absolute Gasteiger partial charge is 0.468 e. The molecule has 0 saturated heterocycles. The SMILES string of the molecule is CNC(C)(CCSC)C(=O)OC. The minimum atomic E-state index is -0.530. The van der Waals surface area contributed by atoms with Crippen LogP contribution in [0.15, 0.2) is 0 Å². The molecular weight excluding hydrogens is 174 g/mol. The molecule has 3 nitrogen and oxygen atoms in total. The molecule has 12 heavy (non-hydrogen) atoms. The molecule has 0 aromatic carbocycles. The Balaban J connectivity index is 4.13. The molecule has 0 aliphatic heterocycles. The van der Waals surface area contributed by atoms with Crippen LogP contribution in [0, 0.1) is 0 Å². The van der Waals surface area contributed by atoms with Gasteiger partial charge in [-0.15, -0.1) is 0 Å². The average molecular weight is 191 g/mol. The van der Waals surface area contributed by atoms with Crippen molar-refractivity contribution in [1.29, 1.82) is 0 Å². The number of thioether (sulfide) groups is 1. The number of hydrogen-bond acceptors (Lipinski definition) is 4. The van der Waals surface area contributed by atoms with Crippen LogP contribution in [0.5, 0.6) is 0 Å². The Morgan fingerprint density at radius 2 is 2.25 bits per heavy atom. The van der Waals surface area contributed by atoms with Gasteiger partial charge in [-0.25, -0.2) is 0 Å². The average Bonchev–Trinajstić information content (AvgIpc) is 2.12. The van der Waals surface area contributed by atoms with Crippen molar-refractivity contribution < 1.29 is 9.53 Å². The van der Waals surface area contributed by atoms with Gasteiger partial charge in [0.15, 0.2) is 0 Å². The molecule has 0 spiro atoms. The second kappa shape index (κ2) is 5.43. The van der Waals surface area contributed by atoms with E-state index in [0.717, 1.165) is 12.2 Å². The van der Waals surface area contributed by atoms with E-state index in [1.807, 2.05) is 13.2 Å². The van der Waals surface area contributed by atoms with Gasteiger partial charge >= 0.3 is 5.97 Å². The van der Waals surface area contributed by atoms with Gasteiger partial charge in [-0.1, -0.05) is 0 Å². The summed E-state index contributed by atoms with van der Waals surface area (Å²) in [4.78, 5) is 11.3. The fraction of sp³-hybridized carbons (Fsp3) is 0.875. The van der Waals surface area contributed by atoms with Crippen molar-refractivity contribution in [3.05, 3.63) is 0 Å². The number of methoxy groups -OCH3 is 1. The van der Waals surface area contributed by atoms with Gasteiger partial charge in [0.25, 0.3) is 0 Å². The Morgan fingerprint density at radius 3 is 2.58 bits per heavy atom. The van der Waals surface area contributed by atoms with Crippen molar-refractivity contribution >= 4 is 17.7 Å². The summed E-state index contributed by atoms with van der Waals surface area (Å²) in [7, 11) is 3.19. The first-order valence-corrected chi connectivity index (χ1v) is 5.26. The van der Waals surface area contributed by atoms with Crippen molar-refractivity contribution in [3.63, 3.8) is 0 Å². The van der Waals surface area contributed by atoms with Gasteiger partial charge in [0.1, 0.15) is 5.54 Å². The molecule has 0 amide bonds. The Bertz CT molecular complexity index is 152. The summed E-state index contributed by atoms with van der Waals surface area (Å²) >= 11 is 1.72. The predicted molar refractivity (Wildman–Crippen MR) is 52.5 cm³/mol. The maximum atomic E-state index is 11.3. The maximum Gasteiger partial charge on any atom is 0.325 e. The Kier molecular flexibility index (Phi) is 5.33. The van der Waals surface area contributed by atoms with Crippen molar-refractivity contribution in [2.75, 3.05) is 26.2 Å². The standard InChI is InChI=1S/C8H17NO2S/c1-8(9-2,5-6-12-4)7(10)11-3/h9H,5-6H2,1-4H3. The quantitative estimate of drug-likeness (QED) is 0.655. The second-order valence-electron chi connectivity index (χ2n) is 2.82. The topological polar surface area (TPSA) is 38.3 Å². The zero-order valence-corrected chi connectivity index (χ0v) is 8.96. The summed E-state index contributed by atoms with van der Waals surface area (Å²) in [5.41, 5.74) is -0.530. The van der Waals surface area contributed by atoms with Gasteiger partial charge in [0.2, 0.25) is 0 Å². The molecular formula is C8H17NO2S. The van der Waals surface area contributed by atoms with Crippen molar-refractivity contribution in [3.8, 4) is 0 Å². The highest BCUT2D eigenvalue weighted by Gasteiger charge is 2.31. The molecule has 0 aromatic rings. The van der Waals surface area contributed by atoms with Gasteiger partial charge in [-0.05, 0) is 32.4 Å². The fourth-order valence-electron chi connectivity index (χ4n) is 0.861. The first-order valence-electron chi connectivity index (χ1n) is 3.87. The molecule has 72 valence electrons. The van der Waals surface area contributed by atoms with Gasteiger partial charge in [-0.3, -0.25) is 4.79 Å². The summed E-state index contributed by atoms with van der Waals surface area (Å²) < 4.78 is 4.69. The summed E-state index contributed by atoms with van der Waals surface area (Å²) in [5, 5.41) is 2.98. The van der Waals surface area contributed by atoms with Gasteiger partial charge in [0, 0.05) is 0 Å². The van der Waals surface area contributed by atoms with E-state index in [1.54, 1.807) is 18.8 Å². The van der Waals surface area contributed by atoms with Gasteiger partial charge < -0.3 is 10.1 Å². The number of ether oxygens (including phenoxy) is 1. The lowest BCUT2D eigenvalue weighted by atomic mass is 10.00. The number of nitrogens with one attached hydrogen (secondary N) is 1. The van der Waals surface area contributed by atoms with Crippen LogP contribution < -0.4 is 5.32 Å². The molecule has 1 unspecified atom stereocenters.